The maximum atomic E-state index is 14.5. The van der Waals surface area contributed by atoms with Crippen LogP contribution >= 0.6 is 0 Å². The van der Waals surface area contributed by atoms with Crippen LogP contribution in [0.25, 0.3) is 5.69 Å². The zero-order valence-corrected chi connectivity index (χ0v) is 19.4. The molecule has 0 aliphatic rings. The highest BCUT2D eigenvalue weighted by Gasteiger charge is 2.30. The van der Waals surface area contributed by atoms with Gasteiger partial charge in [-0.2, -0.15) is 23.0 Å². The molecule has 190 valence electrons. The van der Waals surface area contributed by atoms with Gasteiger partial charge in [0.05, 0.1) is 18.2 Å². The van der Waals surface area contributed by atoms with Gasteiger partial charge < -0.3 is 5.32 Å². The summed E-state index contributed by atoms with van der Waals surface area (Å²) >= 11 is 0. The van der Waals surface area contributed by atoms with E-state index in [4.69, 9.17) is 0 Å². The minimum absolute atomic E-state index is 0.183. The third-order valence-corrected chi connectivity index (χ3v) is 5.62. The first-order valence-corrected chi connectivity index (χ1v) is 11.1. The van der Waals surface area contributed by atoms with Crippen molar-refractivity contribution in [1.29, 1.82) is 0 Å². The molecule has 0 saturated heterocycles. The first-order valence-electron chi connectivity index (χ1n) is 11.1. The van der Waals surface area contributed by atoms with Crippen LogP contribution in [-0.4, -0.2) is 20.3 Å². The van der Waals surface area contributed by atoms with Crippen LogP contribution in [0.3, 0.4) is 0 Å². The lowest BCUT2D eigenvalue weighted by atomic mass is 10.1. The molecule has 37 heavy (non-hydrogen) atoms. The average molecular weight is 512 g/mol. The van der Waals surface area contributed by atoms with Crippen LogP contribution in [0.15, 0.2) is 88.5 Å². The van der Waals surface area contributed by atoms with E-state index < -0.39 is 53.0 Å². The van der Waals surface area contributed by atoms with Crippen molar-refractivity contribution in [1.82, 2.24) is 19.7 Å². The van der Waals surface area contributed by atoms with Gasteiger partial charge in [0, 0.05) is 0 Å². The molecule has 0 aliphatic carbocycles. The minimum atomic E-state index is -4.57. The second-order valence-electron chi connectivity index (χ2n) is 8.19. The number of aromatic nitrogens is 3. The van der Waals surface area contributed by atoms with E-state index in [-0.39, 0.29) is 11.3 Å². The summed E-state index contributed by atoms with van der Waals surface area (Å²) in [5.41, 5.74) is -3.11. The maximum Gasteiger partial charge on any atom is 0.416 e. The molecule has 4 rings (SSSR count). The molecule has 0 fully saturated rings. The van der Waals surface area contributed by atoms with Gasteiger partial charge in [0.2, 0.25) is 5.69 Å². The summed E-state index contributed by atoms with van der Waals surface area (Å²) in [6.45, 7) is 1.21. The summed E-state index contributed by atoms with van der Waals surface area (Å²) in [5.74, 6) is -1.74. The first-order chi connectivity index (χ1) is 17.6. The van der Waals surface area contributed by atoms with Gasteiger partial charge in [-0.3, -0.25) is 14.2 Å². The zero-order valence-electron chi connectivity index (χ0n) is 19.4. The average Bonchev–Trinajstić information content (AvgIpc) is 2.87. The van der Waals surface area contributed by atoms with E-state index in [1.54, 1.807) is 37.3 Å². The molecule has 0 aliphatic heterocycles. The van der Waals surface area contributed by atoms with Gasteiger partial charge in [0.1, 0.15) is 11.5 Å². The Bertz CT molecular complexity index is 1550. The molecule has 11 heteroatoms. The molecule has 1 N–H and O–H groups in total. The van der Waals surface area contributed by atoms with Crippen molar-refractivity contribution >= 4 is 5.91 Å². The third kappa shape index (κ3) is 5.50. The standard InChI is InChI=1S/C26H20F4N4O3/c1-16(18-7-3-2-4-8-18)31-23(35)22-24(36)33(15-17-11-13-19(14-12-17)26(28,29)30)25(37)34(32-22)21-10-6-5-9-20(21)27/h2-14,16H,15H2,1H3,(H,31,35). The first kappa shape index (κ1) is 25.5. The molecule has 0 radical (unpaired) electrons. The highest BCUT2D eigenvalue weighted by molar-refractivity contribution is 5.92. The predicted molar refractivity (Wildman–Crippen MR) is 127 cm³/mol. The number of hydrogen-bond acceptors (Lipinski definition) is 4. The molecule has 4 aromatic rings. The van der Waals surface area contributed by atoms with Gasteiger partial charge in [-0.25, -0.2) is 9.18 Å². The molecule has 1 unspecified atom stereocenters. The van der Waals surface area contributed by atoms with Crippen molar-refractivity contribution in [3.05, 3.63) is 128 Å². The molecular weight excluding hydrogens is 492 g/mol. The Labute approximate surface area is 207 Å². The quantitative estimate of drug-likeness (QED) is 0.395. The number of benzene rings is 3. The summed E-state index contributed by atoms with van der Waals surface area (Å²) in [6, 6.07) is 17.3. The predicted octanol–water partition coefficient (Wildman–Crippen LogP) is 4.09. The van der Waals surface area contributed by atoms with Crippen molar-refractivity contribution in [2.45, 2.75) is 25.7 Å². The fraction of sp³-hybridized carbons (Fsp3) is 0.154. The molecule has 0 bridgehead atoms. The van der Waals surface area contributed by atoms with Gasteiger partial charge in [0.15, 0.2) is 0 Å². The van der Waals surface area contributed by atoms with E-state index in [1.807, 2.05) is 0 Å². The summed E-state index contributed by atoms with van der Waals surface area (Å²) in [6.07, 6.45) is -4.57. The van der Waals surface area contributed by atoms with Crippen LogP contribution in [0.4, 0.5) is 17.6 Å². The van der Waals surface area contributed by atoms with Crippen LogP contribution in [-0.2, 0) is 12.7 Å². The lowest BCUT2D eigenvalue weighted by molar-refractivity contribution is -0.137. The van der Waals surface area contributed by atoms with E-state index in [2.05, 4.69) is 10.4 Å². The van der Waals surface area contributed by atoms with Gasteiger partial charge >= 0.3 is 11.9 Å². The Kier molecular flexibility index (Phi) is 7.05. The Balaban J connectivity index is 1.80. The van der Waals surface area contributed by atoms with E-state index >= 15 is 0 Å². The molecule has 0 saturated carbocycles. The van der Waals surface area contributed by atoms with E-state index in [0.29, 0.717) is 9.25 Å². The molecular formula is C26H20F4N4O3. The van der Waals surface area contributed by atoms with Crippen molar-refractivity contribution in [2.75, 3.05) is 0 Å². The van der Waals surface area contributed by atoms with Gasteiger partial charge in [-0.05, 0) is 42.3 Å². The lowest BCUT2D eigenvalue weighted by Crippen LogP contribution is -2.46. The van der Waals surface area contributed by atoms with Gasteiger partial charge in [-0.15, -0.1) is 0 Å². The lowest BCUT2D eigenvalue weighted by Gasteiger charge is -2.16. The molecule has 1 amide bonds. The van der Waals surface area contributed by atoms with Crippen LogP contribution in [0.5, 0.6) is 0 Å². The van der Waals surface area contributed by atoms with Crippen LogP contribution < -0.4 is 16.6 Å². The van der Waals surface area contributed by atoms with Crippen molar-refractivity contribution < 1.29 is 22.4 Å². The summed E-state index contributed by atoms with van der Waals surface area (Å²) < 4.78 is 54.5. The van der Waals surface area contributed by atoms with E-state index in [9.17, 15) is 31.9 Å². The number of hydrogen-bond donors (Lipinski definition) is 1. The number of nitrogens with one attached hydrogen (secondary N) is 1. The highest BCUT2D eigenvalue weighted by Crippen LogP contribution is 2.29. The topological polar surface area (TPSA) is 86.0 Å². The Morgan fingerprint density at radius 3 is 2.19 bits per heavy atom. The molecule has 7 nitrogen and oxygen atoms in total. The number of rotatable bonds is 6. The summed E-state index contributed by atoms with van der Waals surface area (Å²) in [7, 11) is 0. The summed E-state index contributed by atoms with van der Waals surface area (Å²) in [5, 5.41) is 6.50. The molecule has 1 atom stereocenters. The third-order valence-electron chi connectivity index (χ3n) is 5.62. The van der Waals surface area contributed by atoms with E-state index in [0.717, 1.165) is 35.9 Å². The molecule has 3 aromatic carbocycles. The number of alkyl halides is 3. The fourth-order valence-corrected chi connectivity index (χ4v) is 3.65. The summed E-state index contributed by atoms with van der Waals surface area (Å²) in [4.78, 5) is 39.4. The largest absolute Gasteiger partial charge is 0.416 e. The SMILES string of the molecule is CC(NC(=O)c1nn(-c2ccccc2F)c(=O)n(Cc2ccc(C(F)(F)F)cc2)c1=O)c1ccccc1. The second kappa shape index (κ2) is 10.2. The normalized spacial score (nSPS) is 12.2. The van der Waals surface area contributed by atoms with Crippen LogP contribution in [0.1, 0.15) is 40.1 Å². The smallest absolute Gasteiger partial charge is 0.344 e. The minimum Gasteiger partial charge on any atom is -0.344 e. The Hall–Kier alpha value is -4.54. The number of nitrogens with zero attached hydrogens (tertiary/aromatic N) is 3. The van der Waals surface area contributed by atoms with Crippen molar-refractivity contribution in [2.24, 2.45) is 0 Å². The van der Waals surface area contributed by atoms with Crippen molar-refractivity contribution in [3.63, 3.8) is 0 Å². The molecule has 0 spiro atoms. The number of carbonyl (C=O) groups is 1. The maximum absolute atomic E-state index is 14.5. The number of amides is 1. The monoisotopic (exact) mass is 512 g/mol. The second-order valence-corrected chi connectivity index (χ2v) is 8.19. The van der Waals surface area contributed by atoms with Gasteiger partial charge in [-0.1, -0.05) is 54.6 Å². The fourth-order valence-electron chi connectivity index (χ4n) is 3.65. The van der Waals surface area contributed by atoms with E-state index in [1.165, 1.54) is 18.2 Å². The van der Waals surface area contributed by atoms with Crippen LogP contribution in [0, 0.1) is 5.82 Å². The van der Waals surface area contributed by atoms with Crippen LogP contribution in [0.2, 0.25) is 0 Å². The Morgan fingerprint density at radius 2 is 1.57 bits per heavy atom. The van der Waals surface area contributed by atoms with Gasteiger partial charge in [0.25, 0.3) is 11.5 Å². The number of carbonyl (C=O) groups excluding carboxylic acids is 1. The van der Waals surface area contributed by atoms with Crippen molar-refractivity contribution in [3.8, 4) is 5.69 Å². The number of para-hydroxylation sites is 1. The number of halogens is 4. The molecule has 1 heterocycles. The zero-order chi connectivity index (χ0) is 26.7. The molecule has 1 aromatic heterocycles. The Morgan fingerprint density at radius 1 is 0.946 bits per heavy atom. The highest BCUT2D eigenvalue weighted by atomic mass is 19.4.